The Morgan fingerprint density at radius 3 is 1.81 bits per heavy atom. The van der Waals surface area contributed by atoms with Crippen LogP contribution in [0.1, 0.15) is 91.4 Å². The van der Waals surface area contributed by atoms with Gasteiger partial charge in [0.1, 0.15) is 0 Å². The van der Waals surface area contributed by atoms with E-state index in [9.17, 15) is 9.90 Å². The van der Waals surface area contributed by atoms with E-state index in [0.717, 1.165) is 12.8 Å². The van der Waals surface area contributed by atoms with Crippen LogP contribution in [-0.4, -0.2) is 24.3 Å². The van der Waals surface area contributed by atoms with Crippen LogP contribution in [0.4, 0.5) is 0 Å². The van der Waals surface area contributed by atoms with Gasteiger partial charge in [0.15, 0.2) is 0 Å². The minimum atomic E-state index is -0.724. The molecule has 0 rings (SSSR count). The number of aliphatic hydroxyl groups is 1. The van der Waals surface area contributed by atoms with Crippen LogP contribution in [0.5, 0.6) is 0 Å². The zero-order valence-electron chi connectivity index (χ0n) is 14.5. The molecule has 1 atom stereocenters. The summed E-state index contributed by atoms with van der Waals surface area (Å²) in [5.74, 6) is -0.261. The van der Waals surface area contributed by atoms with E-state index < -0.39 is 5.41 Å². The van der Waals surface area contributed by atoms with Gasteiger partial charge in [-0.1, -0.05) is 71.6 Å². The lowest BCUT2D eigenvalue weighted by Gasteiger charge is -2.23. The van der Waals surface area contributed by atoms with Gasteiger partial charge in [0.05, 0.1) is 18.6 Å². The Hall–Kier alpha value is -0.570. The van der Waals surface area contributed by atoms with Gasteiger partial charge < -0.3 is 9.84 Å². The molecule has 0 amide bonds. The summed E-state index contributed by atoms with van der Waals surface area (Å²) in [4.78, 5) is 11.8. The molecule has 0 aliphatic carbocycles. The monoisotopic (exact) mass is 300 g/mol. The average Bonchev–Trinajstić information content (AvgIpc) is 2.51. The van der Waals surface area contributed by atoms with E-state index in [1.165, 1.54) is 51.4 Å². The summed E-state index contributed by atoms with van der Waals surface area (Å²) in [6.07, 6.45) is 13.3. The molecule has 3 nitrogen and oxygen atoms in total. The molecule has 1 unspecified atom stereocenters. The van der Waals surface area contributed by atoms with Gasteiger partial charge in [0, 0.05) is 0 Å². The molecule has 126 valence electrons. The lowest BCUT2D eigenvalue weighted by atomic mass is 9.89. The van der Waals surface area contributed by atoms with Gasteiger partial charge in [-0.2, -0.15) is 0 Å². The summed E-state index contributed by atoms with van der Waals surface area (Å²) in [6.45, 7) is 6.26. The lowest BCUT2D eigenvalue weighted by Crippen LogP contribution is -2.33. The molecule has 0 aromatic rings. The van der Waals surface area contributed by atoms with E-state index in [1.54, 1.807) is 6.92 Å². The highest BCUT2D eigenvalue weighted by atomic mass is 16.5. The van der Waals surface area contributed by atoms with Gasteiger partial charge in [0.2, 0.25) is 0 Å². The van der Waals surface area contributed by atoms with E-state index >= 15 is 0 Å². The standard InChI is InChI=1S/C18H36O3/c1-4-6-7-8-9-10-11-12-13-14-15-21-17(20)18(3,5-2)16-19/h19H,4-16H2,1-3H3. The summed E-state index contributed by atoms with van der Waals surface area (Å²) in [6, 6.07) is 0. The number of carbonyl (C=O) groups excluding carboxylic acids is 1. The van der Waals surface area contributed by atoms with E-state index in [2.05, 4.69) is 6.92 Å². The summed E-state index contributed by atoms with van der Waals surface area (Å²) in [7, 11) is 0. The predicted octanol–water partition coefficient (Wildman–Crippen LogP) is 4.86. The second-order valence-electron chi connectivity index (χ2n) is 6.39. The van der Waals surface area contributed by atoms with Crippen LogP contribution in [0.25, 0.3) is 0 Å². The van der Waals surface area contributed by atoms with Crippen LogP contribution in [0.3, 0.4) is 0 Å². The third-order valence-electron chi connectivity index (χ3n) is 4.35. The highest BCUT2D eigenvalue weighted by molar-refractivity contribution is 5.76. The molecular weight excluding hydrogens is 264 g/mol. The Morgan fingerprint density at radius 1 is 0.905 bits per heavy atom. The van der Waals surface area contributed by atoms with Crippen LogP contribution >= 0.6 is 0 Å². The van der Waals surface area contributed by atoms with Gasteiger partial charge in [-0.05, 0) is 19.8 Å². The fourth-order valence-electron chi connectivity index (χ4n) is 2.25. The van der Waals surface area contributed by atoms with Crippen molar-refractivity contribution in [3.05, 3.63) is 0 Å². The maximum Gasteiger partial charge on any atom is 0.314 e. The smallest absolute Gasteiger partial charge is 0.314 e. The number of unbranched alkanes of at least 4 members (excludes halogenated alkanes) is 9. The molecule has 0 saturated heterocycles. The van der Waals surface area contributed by atoms with Crippen LogP contribution in [-0.2, 0) is 9.53 Å². The van der Waals surface area contributed by atoms with Crippen molar-refractivity contribution < 1.29 is 14.6 Å². The molecule has 1 N–H and O–H groups in total. The number of aliphatic hydroxyl groups excluding tert-OH is 1. The van der Waals surface area contributed by atoms with E-state index in [1.807, 2.05) is 6.92 Å². The van der Waals surface area contributed by atoms with E-state index in [-0.39, 0.29) is 12.6 Å². The van der Waals surface area contributed by atoms with Crippen molar-refractivity contribution in [2.45, 2.75) is 91.4 Å². The number of esters is 1. The molecule has 21 heavy (non-hydrogen) atoms. The zero-order chi connectivity index (χ0) is 16.0. The van der Waals surface area contributed by atoms with Gasteiger partial charge in [-0.15, -0.1) is 0 Å². The fourth-order valence-corrected chi connectivity index (χ4v) is 2.25. The molecule has 0 aromatic heterocycles. The minimum absolute atomic E-state index is 0.139. The normalized spacial score (nSPS) is 13.9. The molecule has 3 heteroatoms. The maximum absolute atomic E-state index is 11.8. The molecule has 0 fully saturated rings. The molecule has 0 aromatic carbocycles. The van der Waals surface area contributed by atoms with Crippen molar-refractivity contribution in [3.63, 3.8) is 0 Å². The lowest BCUT2D eigenvalue weighted by molar-refractivity contribution is -0.157. The predicted molar refractivity (Wildman–Crippen MR) is 88.3 cm³/mol. The number of hydrogen-bond acceptors (Lipinski definition) is 3. The highest BCUT2D eigenvalue weighted by Crippen LogP contribution is 2.22. The Labute approximate surface area is 131 Å². The topological polar surface area (TPSA) is 46.5 Å². The van der Waals surface area contributed by atoms with Gasteiger partial charge in [-0.3, -0.25) is 4.79 Å². The summed E-state index contributed by atoms with van der Waals surface area (Å²) in [5, 5.41) is 9.23. The molecule has 0 aliphatic rings. The average molecular weight is 300 g/mol. The first kappa shape index (κ1) is 20.4. The van der Waals surface area contributed by atoms with Gasteiger partial charge in [-0.25, -0.2) is 0 Å². The second kappa shape index (κ2) is 13.1. The largest absolute Gasteiger partial charge is 0.465 e. The van der Waals surface area contributed by atoms with Crippen LogP contribution in [0.2, 0.25) is 0 Å². The number of rotatable bonds is 14. The minimum Gasteiger partial charge on any atom is -0.465 e. The molecule has 0 bridgehead atoms. The van der Waals surface area contributed by atoms with Crippen molar-refractivity contribution in [2.75, 3.05) is 13.2 Å². The van der Waals surface area contributed by atoms with E-state index in [0.29, 0.717) is 13.0 Å². The van der Waals surface area contributed by atoms with Crippen molar-refractivity contribution in [1.82, 2.24) is 0 Å². The molecule has 0 radical (unpaired) electrons. The molecule has 0 saturated carbocycles. The fraction of sp³-hybridized carbons (Fsp3) is 0.944. The Morgan fingerprint density at radius 2 is 1.38 bits per heavy atom. The number of hydrogen-bond donors (Lipinski definition) is 1. The SMILES string of the molecule is CCCCCCCCCCCCOC(=O)C(C)(CC)CO. The molecule has 0 spiro atoms. The second-order valence-corrected chi connectivity index (χ2v) is 6.39. The quantitative estimate of drug-likeness (QED) is 0.368. The first-order valence-electron chi connectivity index (χ1n) is 8.88. The third kappa shape index (κ3) is 9.89. The van der Waals surface area contributed by atoms with Crippen molar-refractivity contribution >= 4 is 5.97 Å². The van der Waals surface area contributed by atoms with Crippen LogP contribution in [0, 0.1) is 5.41 Å². The van der Waals surface area contributed by atoms with Crippen LogP contribution < -0.4 is 0 Å². The highest BCUT2D eigenvalue weighted by Gasteiger charge is 2.31. The Kier molecular flexibility index (Phi) is 12.8. The van der Waals surface area contributed by atoms with E-state index in [4.69, 9.17) is 4.74 Å². The van der Waals surface area contributed by atoms with Gasteiger partial charge in [0.25, 0.3) is 0 Å². The first-order chi connectivity index (χ1) is 10.1. The van der Waals surface area contributed by atoms with Crippen molar-refractivity contribution in [2.24, 2.45) is 5.41 Å². The summed E-state index contributed by atoms with van der Waals surface area (Å²) < 4.78 is 5.26. The molecule has 0 aliphatic heterocycles. The Balaban J connectivity index is 3.38. The van der Waals surface area contributed by atoms with Crippen molar-refractivity contribution in [3.8, 4) is 0 Å². The molecular formula is C18H36O3. The van der Waals surface area contributed by atoms with Crippen LogP contribution in [0.15, 0.2) is 0 Å². The summed E-state index contributed by atoms with van der Waals surface area (Å²) >= 11 is 0. The van der Waals surface area contributed by atoms with Crippen molar-refractivity contribution in [1.29, 1.82) is 0 Å². The van der Waals surface area contributed by atoms with Gasteiger partial charge >= 0.3 is 5.97 Å². The third-order valence-corrected chi connectivity index (χ3v) is 4.35. The molecule has 0 heterocycles. The first-order valence-corrected chi connectivity index (χ1v) is 8.88. The Bertz CT molecular complexity index is 247. The summed E-state index contributed by atoms with van der Waals surface area (Å²) in [5.41, 5.74) is -0.724. The number of ether oxygens (including phenoxy) is 1. The zero-order valence-corrected chi connectivity index (χ0v) is 14.5. The maximum atomic E-state index is 11.8. The number of carbonyl (C=O) groups is 1.